The Labute approximate surface area is 159 Å². The third-order valence-electron chi connectivity index (χ3n) is 4.83. The molecular weight excluding hydrogens is 372 g/mol. The van der Waals surface area contributed by atoms with E-state index in [0.717, 1.165) is 22.3 Å². The predicted octanol–water partition coefficient (Wildman–Crippen LogP) is 6.53. The highest BCUT2D eigenvalue weighted by atomic mass is 79.9. The first-order chi connectivity index (χ1) is 11.8. The maximum absolute atomic E-state index is 4.68. The number of allylic oxidation sites excluding steroid dienone is 1. The van der Waals surface area contributed by atoms with E-state index in [0.29, 0.717) is 0 Å². The van der Waals surface area contributed by atoms with Crippen LogP contribution in [0.4, 0.5) is 11.4 Å². The summed E-state index contributed by atoms with van der Waals surface area (Å²) < 4.78 is 1.08. The van der Waals surface area contributed by atoms with Crippen LogP contribution in [0, 0.1) is 6.92 Å². The minimum absolute atomic E-state index is 0.0516. The van der Waals surface area contributed by atoms with Crippen molar-refractivity contribution in [2.45, 2.75) is 40.2 Å². The zero-order valence-electron chi connectivity index (χ0n) is 15.6. The van der Waals surface area contributed by atoms with Crippen molar-refractivity contribution in [3.8, 4) is 0 Å². The molecular formula is C22H25BrN2. The molecule has 0 bridgehead atoms. The molecule has 0 fully saturated rings. The Morgan fingerprint density at radius 2 is 1.88 bits per heavy atom. The Kier molecular flexibility index (Phi) is 4.88. The summed E-state index contributed by atoms with van der Waals surface area (Å²) in [4.78, 5) is 7.13. The highest BCUT2D eigenvalue weighted by molar-refractivity contribution is 9.10. The second-order valence-electron chi connectivity index (χ2n) is 7.19. The molecule has 0 N–H and O–H groups in total. The fraction of sp³-hybridized carbons (Fsp3) is 0.318. The molecule has 0 aliphatic carbocycles. The second kappa shape index (κ2) is 6.80. The third kappa shape index (κ3) is 3.57. The zero-order chi connectivity index (χ0) is 18.2. The van der Waals surface area contributed by atoms with E-state index in [9.17, 15) is 0 Å². The Morgan fingerprint density at radius 3 is 2.56 bits per heavy atom. The monoisotopic (exact) mass is 396 g/mol. The number of benzene rings is 2. The van der Waals surface area contributed by atoms with Crippen molar-refractivity contribution >= 4 is 39.1 Å². The topological polar surface area (TPSA) is 15.6 Å². The fourth-order valence-electron chi connectivity index (χ4n) is 3.67. The van der Waals surface area contributed by atoms with Gasteiger partial charge in [0.25, 0.3) is 0 Å². The molecule has 0 radical (unpaired) electrons. The molecule has 1 heterocycles. The number of likely N-dealkylation sites (N-methyl/N-ethyl adjacent to an activating group) is 1. The van der Waals surface area contributed by atoms with E-state index in [2.05, 4.69) is 90.8 Å². The standard InChI is InChI=1S/C22H25BrN2/c1-6-25-21-10-7-17(12-19(21)16(3)13-22(25,4)5)14-24-20-9-8-18(23)11-15(20)2/h7-14H,6H2,1-5H3. The lowest BCUT2D eigenvalue weighted by molar-refractivity contribution is 0.566. The highest BCUT2D eigenvalue weighted by Gasteiger charge is 2.29. The van der Waals surface area contributed by atoms with E-state index in [1.54, 1.807) is 0 Å². The average Bonchev–Trinajstić information content (AvgIpc) is 2.54. The van der Waals surface area contributed by atoms with Crippen molar-refractivity contribution in [2.75, 3.05) is 11.4 Å². The van der Waals surface area contributed by atoms with Crippen LogP contribution in [-0.2, 0) is 0 Å². The number of fused-ring (bicyclic) bond motifs is 1. The van der Waals surface area contributed by atoms with Crippen LogP contribution in [0.3, 0.4) is 0 Å². The van der Waals surface area contributed by atoms with Crippen molar-refractivity contribution in [2.24, 2.45) is 4.99 Å². The van der Waals surface area contributed by atoms with Gasteiger partial charge in [-0.25, -0.2) is 0 Å². The van der Waals surface area contributed by atoms with Crippen LogP contribution in [0.15, 0.2) is 51.9 Å². The molecule has 25 heavy (non-hydrogen) atoms. The molecule has 0 saturated carbocycles. The number of hydrogen-bond donors (Lipinski definition) is 0. The first-order valence-electron chi connectivity index (χ1n) is 8.73. The van der Waals surface area contributed by atoms with Gasteiger partial charge in [-0.3, -0.25) is 4.99 Å². The fourth-order valence-corrected chi connectivity index (χ4v) is 4.14. The van der Waals surface area contributed by atoms with Gasteiger partial charge in [-0.05, 0) is 81.7 Å². The van der Waals surface area contributed by atoms with E-state index in [1.165, 1.54) is 22.4 Å². The molecule has 0 unspecified atom stereocenters. The number of anilines is 1. The van der Waals surface area contributed by atoms with E-state index in [4.69, 9.17) is 0 Å². The van der Waals surface area contributed by atoms with Crippen molar-refractivity contribution < 1.29 is 0 Å². The summed E-state index contributed by atoms with van der Waals surface area (Å²) in [6.45, 7) is 12.0. The summed E-state index contributed by atoms with van der Waals surface area (Å²) in [5, 5.41) is 0. The maximum atomic E-state index is 4.68. The number of hydrogen-bond acceptors (Lipinski definition) is 2. The Balaban J connectivity index is 1.96. The van der Waals surface area contributed by atoms with Crippen LogP contribution in [0.2, 0.25) is 0 Å². The molecule has 1 aliphatic rings. The SMILES string of the molecule is CCN1c2ccc(C=Nc3ccc(Br)cc3C)cc2C(C)=CC1(C)C. The zero-order valence-corrected chi connectivity index (χ0v) is 17.2. The average molecular weight is 397 g/mol. The summed E-state index contributed by atoms with van der Waals surface area (Å²) >= 11 is 3.50. The maximum Gasteiger partial charge on any atom is 0.0659 e. The van der Waals surface area contributed by atoms with Gasteiger partial charge in [-0.1, -0.05) is 28.1 Å². The number of aliphatic imine (C=N–C) groups is 1. The van der Waals surface area contributed by atoms with Crippen LogP contribution in [-0.4, -0.2) is 18.3 Å². The summed E-state index contributed by atoms with van der Waals surface area (Å²) in [6, 6.07) is 12.8. The van der Waals surface area contributed by atoms with E-state index >= 15 is 0 Å². The van der Waals surface area contributed by atoms with Crippen LogP contribution in [0.5, 0.6) is 0 Å². The van der Waals surface area contributed by atoms with E-state index in [-0.39, 0.29) is 5.54 Å². The number of nitrogens with zero attached hydrogens (tertiary/aromatic N) is 2. The Morgan fingerprint density at radius 1 is 1.12 bits per heavy atom. The number of rotatable bonds is 3. The smallest absolute Gasteiger partial charge is 0.0659 e. The molecule has 2 nitrogen and oxygen atoms in total. The summed E-state index contributed by atoms with van der Waals surface area (Å²) in [6.07, 6.45) is 4.32. The van der Waals surface area contributed by atoms with Gasteiger partial charge < -0.3 is 4.90 Å². The van der Waals surface area contributed by atoms with E-state index in [1.807, 2.05) is 18.3 Å². The quantitative estimate of drug-likeness (QED) is 0.538. The number of aryl methyl sites for hydroxylation is 1. The van der Waals surface area contributed by atoms with Crippen molar-refractivity contribution in [1.82, 2.24) is 0 Å². The first-order valence-corrected chi connectivity index (χ1v) is 9.53. The van der Waals surface area contributed by atoms with Gasteiger partial charge in [0.05, 0.1) is 11.2 Å². The molecule has 2 aromatic rings. The molecule has 3 rings (SSSR count). The van der Waals surface area contributed by atoms with Gasteiger partial charge in [0.2, 0.25) is 0 Å². The third-order valence-corrected chi connectivity index (χ3v) is 5.32. The predicted molar refractivity (Wildman–Crippen MR) is 113 cm³/mol. The molecule has 0 saturated heterocycles. The Hall–Kier alpha value is -1.87. The molecule has 0 spiro atoms. The Bertz CT molecular complexity index is 862. The van der Waals surface area contributed by atoms with Gasteiger partial charge >= 0.3 is 0 Å². The largest absolute Gasteiger partial charge is 0.363 e. The molecule has 0 amide bonds. The van der Waals surface area contributed by atoms with Crippen molar-refractivity contribution in [3.63, 3.8) is 0 Å². The van der Waals surface area contributed by atoms with Gasteiger partial charge in [0.15, 0.2) is 0 Å². The van der Waals surface area contributed by atoms with Gasteiger partial charge in [0, 0.05) is 28.5 Å². The molecule has 2 aromatic carbocycles. The lowest BCUT2D eigenvalue weighted by Crippen LogP contribution is -2.44. The molecule has 0 atom stereocenters. The van der Waals surface area contributed by atoms with Crippen LogP contribution < -0.4 is 4.90 Å². The lowest BCUT2D eigenvalue weighted by Gasteiger charge is -2.42. The minimum Gasteiger partial charge on any atom is -0.363 e. The van der Waals surface area contributed by atoms with Crippen LogP contribution in [0.25, 0.3) is 5.57 Å². The minimum atomic E-state index is 0.0516. The molecule has 1 aliphatic heterocycles. The molecule has 130 valence electrons. The molecule has 0 aromatic heterocycles. The van der Waals surface area contributed by atoms with Crippen molar-refractivity contribution in [3.05, 3.63) is 63.6 Å². The molecule has 3 heteroatoms. The van der Waals surface area contributed by atoms with Gasteiger partial charge in [-0.15, -0.1) is 0 Å². The first kappa shape index (κ1) is 17.9. The van der Waals surface area contributed by atoms with Crippen LogP contribution >= 0.6 is 15.9 Å². The normalized spacial score (nSPS) is 16.1. The number of halogens is 1. The summed E-state index contributed by atoms with van der Waals surface area (Å²) in [5.41, 5.74) is 7.30. The summed E-state index contributed by atoms with van der Waals surface area (Å²) in [7, 11) is 0. The second-order valence-corrected chi connectivity index (χ2v) is 8.11. The van der Waals surface area contributed by atoms with Gasteiger partial charge in [0.1, 0.15) is 0 Å². The van der Waals surface area contributed by atoms with Crippen molar-refractivity contribution in [1.29, 1.82) is 0 Å². The highest BCUT2D eigenvalue weighted by Crippen LogP contribution is 2.38. The van der Waals surface area contributed by atoms with Gasteiger partial charge in [-0.2, -0.15) is 0 Å². The lowest BCUT2D eigenvalue weighted by atomic mass is 9.88. The summed E-state index contributed by atoms with van der Waals surface area (Å²) in [5.74, 6) is 0. The van der Waals surface area contributed by atoms with Crippen LogP contribution in [0.1, 0.15) is 44.4 Å². The van der Waals surface area contributed by atoms with E-state index < -0.39 is 0 Å².